The molecule has 1 saturated heterocycles. The van der Waals surface area contributed by atoms with Crippen LogP contribution in [0.5, 0.6) is 0 Å². The molecule has 1 N–H and O–H groups in total. The van der Waals surface area contributed by atoms with E-state index in [1.807, 2.05) is 0 Å². The summed E-state index contributed by atoms with van der Waals surface area (Å²) < 4.78 is 0. The summed E-state index contributed by atoms with van der Waals surface area (Å²) in [6.07, 6.45) is 3.89. The average Bonchev–Trinajstić information content (AvgIpc) is 2.01. The van der Waals surface area contributed by atoms with Crippen LogP contribution in [0.1, 0.15) is 60.8 Å². The van der Waals surface area contributed by atoms with Gasteiger partial charge in [0.15, 0.2) is 0 Å². The molecule has 0 saturated carbocycles. The summed E-state index contributed by atoms with van der Waals surface area (Å²) in [4.78, 5) is 0. The van der Waals surface area contributed by atoms with Crippen molar-refractivity contribution < 1.29 is 0 Å². The van der Waals surface area contributed by atoms with Crippen LogP contribution in [0.4, 0.5) is 0 Å². The molecule has 0 aliphatic carbocycles. The van der Waals surface area contributed by atoms with E-state index >= 15 is 0 Å². The summed E-state index contributed by atoms with van der Waals surface area (Å²) in [7, 11) is 0. The van der Waals surface area contributed by atoms with Crippen LogP contribution in [-0.4, -0.2) is 11.1 Å². The maximum absolute atomic E-state index is 3.80. The van der Waals surface area contributed by atoms with Gasteiger partial charge in [0.05, 0.1) is 0 Å². The number of piperidine rings is 1. The molecule has 0 radical (unpaired) electrons. The van der Waals surface area contributed by atoms with Gasteiger partial charge in [-0.2, -0.15) is 0 Å². The lowest BCUT2D eigenvalue weighted by Gasteiger charge is -2.49. The third-order valence-electron chi connectivity index (χ3n) is 3.85. The van der Waals surface area contributed by atoms with Crippen molar-refractivity contribution >= 4 is 0 Å². The van der Waals surface area contributed by atoms with Crippen LogP contribution in [0, 0.1) is 11.8 Å². The summed E-state index contributed by atoms with van der Waals surface area (Å²) in [5, 5.41) is 3.80. The van der Waals surface area contributed by atoms with Gasteiger partial charge in [0.1, 0.15) is 0 Å². The molecule has 1 fully saturated rings. The Morgan fingerprint density at radius 3 is 2.21 bits per heavy atom. The van der Waals surface area contributed by atoms with E-state index in [1.165, 1.54) is 19.3 Å². The summed E-state index contributed by atoms with van der Waals surface area (Å²) in [5.41, 5.74) is 0.675. The fourth-order valence-electron chi connectivity index (χ4n) is 2.93. The molecule has 2 atom stereocenters. The van der Waals surface area contributed by atoms with Crippen LogP contribution in [-0.2, 0) is 0 Å². The van der Waals surface area contributed by atoms with E-state index in [0.29, 0.717) is 11.1 Å². The van der Waals surface area contributed by atoms with Gasteiger partial charge in [-0.05, 0) is 51.9 Å². The highest BCUT2D eigenvalue weighted by atomic mass is 15.1. The Hall–Kier alpha value is -0.0400. The largest absolute Gasteiger partial charge is 0.307 e. The number of hydrogen-bond donors (Lipinski definition) is 1. The molecule has 1 heterocycles. The Balaban J connectivity index is 2.77. The molecular weight excluding hydrogens is 170 g/mol. The molecule has 0 aromatic heterocycles. The molecule has 0 aromatic carbocycles. The maximum Gasteiger partial charge on any atom is 0.0158 e. The highest BCUT2D eigenvalue weighted by molar-refractivity contribution is 4.99. The molecule has 14 heavy (non-hydrogen) atoms. The smallest absolute Gasteiger partial charge is 0.0158 e. The van der Waals surface area contributed by atoms with Gasteiger partial charge < -0.3 is 5.32 Å². The van der Waals surface area contributed by atoms with E-state index in [0.717, 1.165) is 11.8 Å². The van der Waals surface area contributed by atoms with Crippen LogP contribution in [0.15, 0.2) is 0 Å². The molecule has 0 spiro atoms. The van der Waals surface area contributed by atoms with Gasteiger partial charge in [-0.25, -0.2) is 0 Å². The summed E-state index contributed by atoms with van der Waals surface area (Å²) in [6, 6.07) is 0. The van der Waals surface area contributed by atoms with Gasteiger partial charge in [0.2, 0.25) is 0 Å². The molecule has 1 aliphatic rings. The van der Waals surface area contributed by atoms with Crippen LogP contribution >= 0.6 is 0 Å². The van der Waals surface area contributed by atoms with Crippen molar-refractivity contribution in [3.8, 4) is 0 Å². The van der Waals surface area contributed by atoms with Crippen molar-refractivity contribution in [2.75, 3.05) is 0 Å². The first-order valence-corrected chi connectivity index (χ1v) is 6.07. The van der Waals surface area contributed by atoms with Crippen LogP contribution in [0.25, 0.3) is 0 Å². The third kappa shape index (κ3) is 2.73. The lowest BCUT2D eigenvalue weighted by molar-refractivity contribution is 0.0889. The topological polar surface area (TPSA) is 12.0 Å². The van der Waals surface area contributed by atoms with E-state index < -0.39 is 0 Å². The molecule has 0 amide bonds. The Kier molecular flexibility index (Phi) is 3.30. The molecule has 1 nitrogen and oxygen atoms in total. The fraction of sp³-hybridized carbons (Fsp3) is 1.00. The predicted octanol–water partition coefficient (Wildman–Crippen LogP) is 3.59. The second-order valence-corrected chi connectivity index (χ2v) is 6.34. The molecule has 84 valence electrons. The quantitative estimate of drug-likeness (QED) is 0.713. The highest BCUT2D eigenvalue weighted by Crippen LogP contribution is 2.38. The monoisotopic (exact) mass is 197 g/mol. The zero-order valence-electron chi connectivity index (χ0n) is 10.8. The van der Waals surface area contributed by atoms with Crippen LogP contribution in [0.2, 0.25) is 0 Å². The first-order valence-electron chi connectivity index (χ1n) is 6.07. The van der Waals surface area contributed by atoms with Crippen molar-refractivity contribution in [3.05, 3.63) is 0 Å². The van der Waals surface area contributed by atoms with E-state index in [2.05, 4.69) is 46.9 Å². The fourth-order valence-corrected chi connectivity index (χ4v) is 2.93. The highest BCUT2D eigenvalue weighted by Gasteiger charge is 2.39. The normalized spacial score (nSPS) is 37.5. The lowest BCUT2D eigenvalue weighted by Crippen LogP contribution is -2.59. The Morgan fingerprint density at radius 2 is 1.79 bits per heavy atom. The Labute approximate surface area is 89.7 Å². The Bertz CT molecular complexity index is 195. The minimum absolute atomic E-state index is 0.317. The molecule has 1 rings (SSSR count). The second-order valence-electron chi connectivity index (χ2n) is 6.34. The zero-order valence-corrected chi connectivity index (χ0v) is 10.8. The van der Waals surface area contributed by atoms with Crippen molar-refractivity contribution in [2.45, 2.75) is 71.9 Å². The van der Waals surface area contributed by atoms with E-state index in [9.17, 15) is 0 Å². The van der Waals surface area contributed by atoms with Crippen molar-refractivity contribution in [1.29, 1.82) is 0 Å². The lowest BCUT2D eigenvalue weighted by atomic mass is 9.70. The SMILES string of the molecule is CCC1(C)C[C@H](C(C)C)CC(C)(C)N1. The van der Waals surface area contributed by atoms with E-state index in [-0.39, 0.29) is 0 Å². The second kappa shape index (κ2) is 3.84. The van der Waals surface area contributed by atoms with Gasteiger partial charge in [-0.1, -0.05) is 20.8 Å². The zero-order chi connectivity index (χ0) is 11.0. The van der Waals surface area contributed by atoms with E-state index in [4.69, 9.17) is 0 Å². The van der Waals surface area contributed by atoms with Crippen molar-refractivity contribution in [1.82, 2.24) is 5.32 Å². The van der Waals surface area contributed by atoms with Gasteiger partial charge in [0.25, 0.3) is 0 Å². The first-order chi connectivity index (χ1) is 6.28. The third-order valence-corrected chi connectivity index (χ3v) is 3.85. The van der Waals surface area contributed by atoms with Gasteiger partial charge in [-0.15, -0.1) is 0 Å². The molecule has 0 bridgehead atoms. The molecule has 0 aromatic rings. The number of hydrogen-bond acceptors (Lipinski definition) is 1. The Morgan fingerprint density at radius 1 is 1.21 bits per heavy atom. The molecular formula is C13H27N. The van der Waals surface area contributed by atoms with Crippen molar-refractivity contribution in [3.63, 3.8) is 0 Å². The van der Waals surface area contributed by atoms with Crippen LogP contribution < -0.4 is 5.32 Å². The predicted molar refractivity (Wildman–Crippen MR) is 63.5 cm³/mol. The minimum atomic E-state index is 0.317. The number of rotatable bonds is 2. The van der Waals surface area contributed by atoms with Gasteiger partial charge in [0, 0.05) is 11.1 Å². The minimum Gasteiger partial charge on any atom is -0.307 e. The average molecular weight is 197 g/mol. The molecule has 1 heteroatoms. The van der Waals surface area contributed by atoms with Gasteiger partial charge >= 0.3 is 0 Å². The summed E-state index contributed by atoms with van der Waals surface area (Å²) in [6.45, 7) is 14.1. The van der Waals surface area contributed by atoms with Gasteiger partial charge in [-0.3, -0.25) is 0 Å². The standard InChI is InChI=1S/C13H27N/c1-7-13(6)9-11(10(2)3)8-12(4,5)14-13/h10-11,14H,7-9H2,1-6H3/t11-,13?/m1/s1. The molecule has 1 aliphatic heterocycles. The van der Waals surface area contributed by atoms with E-state index in [1.54, 1.807) is 0 Å². The van der Waals surface area contributed by atoms with Crippen LogP contribution in [0.3, 0.4) is 0 Å². The van der Waals surface area contributed by atoms with Crippen molar-refractivity contribution in [2.24, 2.45) is 11.8 Å². The molecule has 1 unspecified atom stereocenters. The summed E-state index contributed by atoms with van der Waals surface area (Å²) in [5.74, 6) is 1.71. The first kappa shape index (κ1) is 12.0. The number of nitrogens with one attached hydrogen (secondary N) is 1. The summed E-state index contributed by atoms with van der Waals surface area (Å²) >= 11 is 0. The maximum atomic E-state index is 3.80.